The SMILES string of the molecule is CO[C@@]1(C)O[C@@H]2[C@H](OC(C)=O)[C@H](COC(C)=O)O[C@H](Sc3ccccc3)[C@H]2O[C@]1(C)OC. The number of fused-ring (bicyclic) bond motifs is 1. The Bertz CT molecular complexity index is 806. The van der Waals surface area contributed by atoms with Crippen LogP contribution in [0.5, 0.6) is 0 Å². The highest BCUT2D eigenvalue weighted by atomic mass is 32.2. The third-order valence-corrected chi connectivity index (χ3v) is 6.82. The van der Waals surface area contributed by atoms with Crippen molar-refractivity contribution in [2.45, 2.75) is 74.0 Å². The summed E-state index contributed by atoms with van der Waals surface area (Å²) in [5.74, 6) is -3.58. The first-order chi connectivity index (χ1) is 15.1. The molecule has 2 aliphatic heterocycles. The number of hydrogen-bond acceptors (Lipinski definition) is 10. The number of carbonyl (C=O) groups is 2. The van der Waals surface area contributed by atoms with Crippen molar-refractivity contribution in [2.75, 3.05) is 20.8 Å². The van der Waals surface area contributed by atoms with Crippen LogP contribution in [0.4, 0.5) is 0 Å². The lowest BCUT2D eigenvalue weighted by molar-refractivity contribution is -0.467. The fourth-order valence-electron chi connectivity index (χ4n) is 3.73. The highest BCUT2D eigenvalue weighted by Crippen LogP contribution is 2.47. The fourth-order valence-corrected chi connectivity index (χ4v) is 4.86. The Hall–Kier alpha value is -1.69. The van der Waals surface area contributed by atoms with Crippen LogP contribution in [0.25, 0.3) is 0 Å². The molecule has 0 aliphatic carbocycles. The van der Waals surface area contributed by atoms with Gasteiger partial charge >= 0.3 is 11.9 Å². The molecular weight excluding hydrogens is 440 g/mol. The zero-order valence-electron chi connectivity index (χ0n) is 19.1. The molecule has 2 saturated heterocycles. The van der Waals surface area contributed by atoms with Crippen molar-refractivity contribution >= 4 is 23.7 Å². The van der Waals surface area contributed by atoms with Crippen LogP contribution in [0.3, 0.4) is 0 Å². The summed E-state index contributed by atoms with van der Waals surface area (Å²) in [6.45, 7) is 5.88. The standard InChI is InChI=1S/C22H30O9S/c1-13(23)27-12-16-17(28-14(2)24)18-19(20(29-16)32-15-10-8-7-9-11-15)31-22(4,26-6)21(3,25-5)30-18/h7-11,16-20H,12H2,1-6H3/t16-,17+,18+,19-,20+,21-,22-/m0/s1. The summed E-state index contributed by atoms with van der Waals surface area (Å²) in [5.41, 5.74) is -0.578. The predicted octanol–water partition coefficient (Wildman–Crippen LogP) is 2.51. The van der Waals surface area contributed by atoms with Gasteiger partial charge in [0, 0.05) is 33.0 Å². The number of esters is 2. The minimum absolute atomic E-state index is 0.114. The van der Waals surface area contributed by atoms with Crippen molar-refractivity contribution in [2.24, 2.45) is 0 Å². The molecule has 0 amide bonds. The van der Waals surface area contributed by atoms with Crippen LogP contribution in [0.1, 0.15) is 27.7 Å². The van der Waals surface area contributed by atoms with Gasteiger partial charge in [0.05, 0.1) is 0 Å². The molecule has 0 N–H and O–H groups in total. The molecule has 1 aromatic rings. The Kier molecular flexibility index (Phi) is 7.85. The second kappa shape index (κ2) is 10.1. The van der Waals surface area contributed by atoms with E-state index in [0.717, 1.165) is 4.90 Å². The maximum absolute atomic E-state index is 11.9. The van der Waals surface area contributed by atoms with Crippen molar-refractivity contribution in [3.63, 3.8) is 0 Å². The van der Waals surface area contributed by atoms with E-state index in [4.69, 9.17) is 33.2 Å². The molecule has 2 aliphatic rings. The predicted molar refractivity (Wildman–Crippen MR) is 114 cm³/mol. The number of hydrogen-bond donors (Lipinski definition) is 0. The smallest absolute Gasteiger partial charge is 0.303 e. The van der Waals surface area contributed by atoms with E-state index in [2.05, 4.69) is 0 Å². The van der Waals surface area contributed by atoms with E-state index in [1.54, 1.807) is 13.8 Å². The van der Waals surface area contributed by atoms with Gasteiger partial charge < -0.3 is 33.2 Å². The van der Waals surface area contributed by atoms with Crippen LogP contribution in [0.15, 0.2) is 35.2 Å². The van der Waals surface area contributed by atoms with E-state index in [9.17, 15) is 9.59 Å². The summed E-state index contributed by atoms with van der Waals surface area (Å²) in [4.78, 5) is 24.3. The number of benzene rings is 1. The lowest BCUT2D eigenvalue weighted by Gasteiger charge is -2.56. The number of rotatable bonds is 7. The molecule has 7 atom stereocenters. The number of thioether (sulfide) groups is 1. The van der Waals surface area contributed by atoms with Gasteiger partial charge in [-0.25, -0.2) is 0 Å². The van der Waals surface area contributed by atoms with Crippen molar-refractivity contribution in [3.05, 3.63) is 30.3 Å². The molecule has 10 heteroatoms. The summed E-state index contributed by atoms with van der Waals surface area (Å²) in [5, 5.41) is 0. The largest absolute Gasteiger partial charge is 0.463 e. The van der Waals surface area contributed by atoms with Gasteiger partial charge in [0.2, 0.25) is 11.6 Å². The lowest BCUT2D eigenvalue weighted by Crippen LogP contribution is -2.72. The van der Waals surface area contributed by atoms with Crippen molar-refractivity contribution in [1.29, 1.82) is 0 Å². The average Bonchev–Trinajstić information content (AvgIpc) is 2.76. The Morgan fingerprint density at radius 2 is 1.56 bits per heavy atom. The average molecular weight is 471 g/mol. The van der Waals surface area contributed by atoms with Crippen LogP contribution in [0, 0.1) is 0 Å². The van der Waals surface area contributed by atoms with Gasteiger partial charge in [0.15, 0.2) is 6.10 Å². The van der Waals surface area contributed by atoms with Crippen molar-refractivity contribution in [3.8, 4) is 0 Å². The maximum atomic E-state index is 11.9. The molecule has 2 fully saturated rings. The zero-order valence-corrected chi connectivity index (χ0v) is 19.9. The quantitative estimate of drug-likeness (QED) is 0.553. The molecule has 0 saturated carbocycles. The van der Waals surface area contributed by atoms with E-state index in [1.807, 2.05) is 30.3 Å². The molecule has 0 radical (unpaired) electrons. The van der Waals surface area contributed by atoms with Crippen LogP contribution < -0.4 is 0 Å². The monoisotopic (exact) mass is 470 g/mol. The van der Waals surface area contributed by atoms with E-state index >= 15 is 0 Å². The van der Waals surface area contributed by atoms with Gasteiger partial charge in [-0.1, -0.05) is 30.0 Å². The minimum atomic E-state index is -1.31. The third-order valence-electron chi connectivity index (χ3n) is 5.67. The van der Waals surface area contributed by atoms with Crippen LogP contribution >= 0.6 is 11.8 Å². The molecule has 2 heterocycles. The van der Waals surface area contributed by atoms with E-state index in [-0.39, 0.29) is 6.61 Å². The van der Waals surface area contributed by atoms with Gasteiger partial charge in [0.25, 0.3) is 0 Å². The molecule has 32 heavy (non-hydrogen) atoms. The summed E-state index contributed by atoms with van der Waals surface area (Å²) in [6, 6.07) is 9.64. The molecule has 1 aromatic carbocycles. The van der Waals surface area contributed by atoms with Crippen LogP contribution in [-0.4, -0.2) is 74.2 Å². The normalized spacial score (nSPS) is 36.8. The minimum Gasteiger partial charge on any atom is -0.463 e. The number of ether oxygens (including phenoxy) is 7. The van der Waals surface area contributed by atoms with Gasteiger partial charge in [-0.15, -0.1) is 0 Å². The van der Waals surface area contributed by atoms with E-state index < -0.39 is 53.4 Å². The molecular formula is C22H30O9S. The van der Waals surface area contributed by atoms with Gasteiger partial charge in [-0.3, -0.25) is 9.59 Å². The number of methoxy groups -OCH3 is 2. The Morgan fingerprint density at radius 1 is 0.969 bits per heavy atom. The van der Waals surface area contributed by atoms with E-state index in [0.29, 0.717) is 0 Å². The first-order valence-electron chi connectivity index (χ1n) is 10.3. The van der Waals surface area contributed by atoms with Crippen LogP contribution in [-0.2, 0) is 42.7 Å². The Labute approximate surface area is 191 Å². The van der Waals surface area contributed by atoms with Gasteiger partial charge in [-0.05, 0) is 26.0 Å². The molecule has 3 rings (SSSR count). The second-order valence-corrected chi connectivity index (χ2v) is 8.99. The first kappa shape index (κ1) is 24.9. The first-order valence-corrected chi connectivity index (χ1v) is 11.1. The topological polar surface area (TPSA) is 98.8 Å². The third kappa shape index (κ3) is 5.11. The summed E-state index contributed by atoms with van der Waals surface area (Å²) in [6.07, 6.45) is -3.14. The van der Waals surface area contributed by atoms with Gasteiger partial charge in [0.1, 0.15) is 30.4 Å². The maximum Gasteiger partial charge on any atom is 0.303 e. The summed E-state index contributed by atoms with van der Waals surface area (Å²) >= 11 is 1.42. The van der Waals surface area contributed by atoms with Crippen molar-refractivity contribution < 1.29 is 42.7 Å². The second-order valence-electron chi connectivity index (χ2n) is 7.82. The molecule has 0 unspecified atom stereocenters. The van der Waals surface area contributed by atoms with E-state index in [1.165, 1.54) is 39.8 Å². The molecule has 9 nitrogen and oxygen atoms in total. The highest BCUT2D eigenvalue weighted by Gasteiger charge is 2.63. The zero-order chi connectivity index (χ0) is 23.5. The number of carbonyl (C=O) groups excluding carboxylic acids is 2. The highest BCUT2D eigenvalue weighted by molar-refractivity contribution is 7.99. The van der Waals surface area contributed by atoms with Gasteiger partial charge in [-0.2, -0.15) is 0 Å². The molecule has 178 valence electrons. The Morgan fingerprint density at radius 3 is 2.09 bits per heavy atom. The van der Waals surface area contributed by atoms with Crippen molar-refractivity contribution in [1.82, 2.24) is 0 Å². The molecule has 0 spiro atoms. The lowest BCUT2D eigenvalue weighted by atomic mass is 9.95. The fraction of sp³-hybridized carbons (Fsp3) is 0.636. The molecule has 0 aromatic heterocycles. The van der Waals surface area contributed by atoms with Crippen LogP contribution in [0.2, 0.25) is 0 Å². The Balaban J connectivity index is 1.99. The molecule has 0 bridgehead atoms. The summed E-state index contributed by atoms with van der Waals surface area (Å²) in [7, 11) is 2.98. The summed E-state index contributed by atoms with van der Waals surface area (Å²) < 4.78 is 41.1.